The van der Waals surface area contributed by atoms with E-state index in [0.29, 0.717) is 12.3 Å². The van der Waals surface area contributed by atoms with Gasteiger partial charge in [-0.15, -0.1) is 0 Å². The Morgan fingerprint density at radius 2 is 1.31 bits per heavy atom. The van der Waals surface area contributed by atoms with Gasteiger partial charge in [-0.25, -0.2) is 4.79 Å². The van der Waals surface area contributed by atoms with Crippen molar-refractivity contribution in [2.75, 3.05) is 19.8 Å². The summed E-state index contributed by atoms with van der Waals surface area (Å²) < 4.78 is 15.4. The van der Waals surface area contributed by atoms with Gasteiger partial charge in [0.1, 0.15) is 5.54 Å². The zero-order valence-corrected chi connectivity index (χ0v) is 18.4. The molecule has 1 saturated carbocycles. The molecule has 0 aromatic rings. The van der Waals surface area contributed by atoms with Crippen molar-refractivity contribution in [3.8, 4) is 0 Å². The molecule has 8 heteroatoms. The van der Waals surface area contributed by atoms with Crippen molar-refractivity contribution in [1.82, 2.24) is 5.32 Å². The minimum absolute atomic E-state index is 0.0612. The second-order valence-corrected chi connectivity index (χ2v) is 7.95. The van der Waals surface area contributed by atoms with Gasteiger partial charge in [0.25, 0.3) is 0 Å². The van der Waals surface area contributed by atoms with Crippen LogP contribution in [0.4, 0.5) is 0 Å². The molecule has 0 saturated heterocycles. The van der Waals surface area contributed by atoms with E-state index in [0.717, 1.165) is 0 Å². The van der Waals surface area contributed by atoms with Gasteiger partial charge in [-0.05, 0) is 46.0 Å². The summed E-state index contributed by atoms with van der Waals surface area (Å²) >= 11 is 0. The van der Waals surface area contributed by atoms with Gasteiger partial charge in [0, 0.05) is 5.92 Å². The van der Waals surface area contributed by atoms with E-state index in [1.54, 1.807) is 27.7 Å². The van der Waals surface area contributed by atoms with Gasteiger partial charge in [0.15, 0.2) is 0 Å². The molecule has 1 amide bonds. The number of amides is 1. The Morgan fingerprint density at radius 1 is 0.862 bits per heavy atom. The highest BCUT2D eigenvalue weighted by Crippen LogP contribution is 2.42. The van der Waals surface area contributed by atoms with Crippen LogP contribution >= 0.6 is 0 Å². The van der Waals surface area contributed by atoms with E-state index in [-0.39, 0.29) is 44.5 Å². The van der Waals surface area contributed by atoms with Crippen molar-refractivity contribution in [3.63, 3.8) is 0 Å². The fraction of sp³-hybridized carbons (Fsp3) is 0.810. The Kier molecular flexibility index (Phi) is 9.59. The lowest BCUT2D eigenvalue weighted by atomic mass is 9.92. The fourth-order valence-corrected chi connectivity index (χ4v) is 3.87. The first kappa shape index (κ1) is 24.9. The molecule has 1 aliphatic carbocycles. The zero-order valence-electron chi connectivity index (χ0n) is 18.4. The van der Waals surface area contributed by atoms with Crippen LogP contribution in [-0.4, -0.2) is 49.2 Å². The predicted molar refractivity (Wildman–Crippen MR) is 106 cm³/mol. The van der Waals surface area contributed by atoms with Gasteiger partial charge < -0.3 is 19.5 Å². The third-order valence-corrected chi connectivity index (χ3v) is 5.10. The van der Waals surface area contributed by atoms with E-state index < -0.39 is 35.3 Å². The molecule has 29 heavy (non-hydrogen) atoms. The molecule has 166 valence electrons. The van der Waals surface area contributed by atoms with E-state index >= 15 is 0 Å². The number of carbonyl (C=O) groups excluding carboxylic acids is 4. The van der Waals surface area contributed by atoms with Crippen molar-refractivity contribution in [1.29, 1.82) is 0 Å². The number of nitrogens with one attached hydrogen (secondary N) is 1. The summed E-state index contributed by atoms with van der Waals surface area (Å²) in [5, 5.41) is 2.81. The van der Waals surface area contributed by atoms with Crippen LogP contribution in [0.15, 0.2) is 0 Å². The first-order chi connectivity index (χ1) is 13.6. The van der Waals surface area contributed by atoms with Crippen molar-refractivity contribution < 1.29 is 33.4 Å². The van der Waals surface area contributed by atoms with Gasteiger partial charge in [0.2, 0.25) is 5.91 Å². The molecule has 1 fully saturated rings. The number of esters is 3. The molecular formula is C21H35NO7. The molecule has 0 radical (unpaired) electrons. The maximum atomic E-state index is 12.9. The lowest BCUT2D eigenvalue weighted by Crippen LogP contribution is -2.55. The molecule has 0 spiro atoms. The quantitative estimate of drug-likeness (QED) is 0.432. The second-order valence-electron chi connectivity index (χ2n) is 7.95. The molecule has 4 atom stereocenters. The molecule has 1 aliphatic rings. The van der Waals surface area contributed by atoms with Crippen LogP contribution < -0.4 is 5.32 Å². The topological polar surface area (TPSA) is 108 Å². The second kappa shape index (κ2) is 11.2. The highest BCUT2D eigenvalue weighted by Gasteiger charge is 2.57. The molecule has 0 heterocycles. The highest BCUT2D eigenvalue weighted by atomic mass is 16.5. The van der Waals surface area contributed by atoms with Crippen molar-refractivity contribution in [2.45, 2.75) is 66.3 Å². The summed E-state index contributed by atoms with van der Waals surface area (Å²) in [5.74, 6) is -3.92. The van der Waals surface area contributed by atoms with Gasteiger partial charge in [0.05, 0.1) is 31.7 Å². The molecule has 0 aromatic heterocycles. The van der Waals surface area contributed by atoms with Gasteiger partial charge in [-0.3, -0.25) is 14.4 Å². The summed E-state index contributed by atoms with van der Waals surface area (Å²) in [4.78, 5) is 50.7. The van der Waals surface area contributed by atoms with E-state index in [4.69, 9.17) is 14.2 Å². The summed E-state index contributed by atoms with van der Waals surface area (Å²) in [6, 6.07) is 0. The third-order valence-electron chi connectivity index (χ3n) is 5.10. The first-order valence-corrected chi connectivity index (χ1v) is 10.4. The molecule has 1 rings (SSSR count). The Bertz CT molecular complexity index is 576. The first-order valence-electron chi connectivity index (χ1n) is 10.4. The molecule has 1 N–H and O–H groups in total. The summed E-state index contributed by atoms with van der Waals surface area (Å²) in [5.41, 5.74) is -1.47. The molecule has 0 aromatic carbocycles. The zero-order chi connectivity index (χ0) is 22.2. The normalized spacial score (nSPS) is 24.7. The molecular weight excluding hydrogens is 378 g/mol. The summed E-state index contributed by atoms with van der Waals surface area (Å²) in [6.07, 6.45) is 0.524. The lowest BCUT2D eigenvalue weighted by molar-refractivity contribution is -0.158. The Morgan fingerprint density at radius 3 is 1.69 bits per heavy atom. The number of rotatable bonds is 10. The number of hydrogen-bond acceptors (Lipinski definition) is 7. The minimum atomic E-state index is -1.47. The molecule has 0 bridgehead atoms. The smallest absolute Gasteiger partial charge is 0.331 e. The maximum Gasteiger partial charge on any atom is 0.331 e. The largest absolute Gasteiger partial charge is 0.466 e. The number of hydrogen-bond donors (Lipinski definition) is 1. The van der Waals surface area contributed by atoms with Crippen LogP contribution in [0.1, 0.15) is 60.8 Å². The van der Waals surface area contributed by atoms with Crippen molar-refractivity contribution >= 4 is 23.8 Å². The summed E-state index contributed by atoms with van der Waals surface area (Å²) in [6.45, 7) is 11.2. The van der Waals surface area contributed by atoms with Crippen LogP contribution in [0.2, 0.25) is 0 Å². The molecule has 8 nitrogen and oxygen atoms in total. The highest BCUT2D eigenvalue weighted by molar-refractivity contribution is 5.93. The van der Waals surface area contributed by atoms with Crippen LogP contribution in [0.5, 0.6) is 0 Å². The van der Waals surface area contributed by atoms with Crippen molar-refractivity contribution in [3.05, 3.63) is 0 Å². The van der Waals surface area contributed by atoms with Crippen LogP contribution in [0.25, 0.3) is 0 Å². The standard InChI is InChI=1S/C21H35NO7/c1-7-27-18(24)15-11-21(20(26)29-9-3,12-16(15)19(25)28-8-2)22-17(23)14(6)10-13(4)5/h13-16H,7-12H2,1-6H3,(H,22,23)/t14-,15-,16+,21?/m0/s1. The van der Waals surface area contributed by atoms with E-state index in [1.807, 2.05) is 13.8 Å². The molecule has 1 unspecified atom stereocenters. The van der Waals surface area contributed by atoms with Gasteiger partial charge in [-0.2, -0.15) is 0 Å². The third kappa shape index (κ3) is 6.44. The van der Waals surface area contributed by atoms with Gasteiger partial charge >= 0.3 is 17.9 Å². The van der Waals surface area contributed by atoms with Crippen LogP contribution in [0.3, 0.4) is 0 Å². The van der Waals surface area contributed by atoms with Crippen LogP contribution in [-0.2, 0) is 33.4 Å². The SMILES string of the molecule is CCOC(=O)[C@H]1CC(NC(=O)[C@@H](C)CC(C)C)(C(=O)OCC)C[C@H]1C(=O)OCC. The van der Waals surface area contributed by atoms with E-state index in [9.17, 15) is 19.2 Å². The predicted octanol–water partition coefficient (Wildman–Crippen LogP) is 2.24. The Labute approximate surface area is 173 Å². The monoisotopic (exact) mass is 413 g/mol. The number of carbonyl (C=O) groups is 4. The molecule has 0 aliphatic heterocycles. The van der Waals surface area contributed by atoms with E-state index in [1.165, 1.54) is 0 Å². The Hall–Kier alpha value is -2.12. The maximum absolute atomic E-state index is 12.9. The van der Waals surface area contributed by atoms with Crippen molar-refractivity contribution in [2.24, 2.45) is 23.7 Å². The fourth-order valence-electron chi connectivity index (χ4n) is 3.87. The number of ether oxygens (including phenoxy) is 3. The average Bonchev–Trinajstić information content (AvgIpc) is 3.03. The van der Waals surface area contributed by atoms with Gasteiger partial charge in [-0.1, -0.05) is 20.8 Å². The van der Waals surface area contributed by atoms with Crippen LogP contribution in [0, 0.1) is 23.7 Å². The lowest BCUT2D eigenvalue weighted by Gasteiger charge is -2.30. The minimum Gasteiger partial charge on any atom is -0.466 e. The van der Waals surface area contributed by atoms with E-state index in [2.05, 4.69) is 5.32 Å². The Balaban J connectivity index is 3.23. The average molecular weight is 414 g/mol. The summed E-state index contributed by atoms with van der Waals surface area (Å²) in [7, 11) is 0.